The predicted octanol–water partition coefficient (Wildman–Crippen LogP) is 3.04. The molecule has 1 N–H and O–H groups in total. The van der Waals surface area contributed by atoms with Gasteiger partial charge in [0.15, 0.2) is 0 Å². The van der Waals surface area contributed by atoms with Crippen molar-refractivity contribution >= 4 is 5.91 Å². The third kappa shape index (κ3) is 3.00. The second-order valence-electron chi connectivity index (χ2n) is 6.58. The quantitative estimate of drug-likeness (QED) is 0.674. The van der Waals surface area contributed by atoms with Gasteiger partial charge >= 0.3 is 5.91 Å². The lowest BCUT2D eigenvalue weighted by Gasteiger charge is -2.44. The number of hydrogen-bond donors (Lipinski definition) is 1. The number of hydrogen-bond acceptors (Lipinski definition) is 4. The van der Waals surface area contributed by atoms with E-state index in [-0.39, 0.29) is 21.8 Å². The van der Waals surface area contributed by atoms with Crippen molar-refractivity contribution in [2.24, 2.45) is 0 Å². The highest BCUT2D eigenvalue weighted by Crippen LogP contribution is 2.42. The average Bonchev–Trinajstić information content (AvgIpc) is 2.60. The van der Waals surface area contributed by atoms with Gasteiger partial charge in [0.25, 0.3) is 5.91 Å². The number of fused-ring (bicyclic) bond motifs is 1. The summed E-state index contributed by atoms with van der Waals surface area (Å²) in [6.07, 6.45) is 0.406. The summed E-state index contributed by atoms with van der Waals surface area (Å²) in [7, 11) is 0. The topological polar surface area (TPSA) is 73.6 Å². The van der Waals surface area contributed by atoms with Gasteiger partial charge in [-0.1, -0.05) is 28.7 Å². The average molecular weight is 340 g/mol. The zero-order valence-corrected chi connectivity index (χ0v) is 13.9. The van der Waals surface area contributed by atoms with Crippen LogP contribution < -0.4 is 0 Å². The van der Waals surface area contributed by atoms with Crippen LogP contribution in [0.2, 0.25) is 0 Å². The number of nitrogens with zero attached hydrogens (tertiary/aromatic N) is 2. The Kier molecular flexibility index (Phi) is 4.07. The van der Waals surface area contributed by atoms with Crippen LogP contribution in [0.25, 0.3) is 0 Å². The molecule has 3 rings (SSSR count). The summed E-state index contributed by atoms with van der Waals surface area (Å²) in [5.74, 6) is -3.65. The summed E-state index contributed by atoms with van der Waals surface area (Å²) in [6, 6.07) is 14.3. The minimum absolute atomic E-state index is 0.0534. The molecule has 0 radical (unpaired) electrons. The predicted molar refractivity (Wildman–Crippen MR) is 87.6 cm³/mol. The lowest BCUT2D eigenvalue weighted by atomic mass is 9.88. The minimum Gasteiger partial charge on any atom is -0.343 e. The number of carbonyl (C=O) groups excluding carboxylic acids is 1. The van der Waals surface area contributed by atoms with E-state index in [1.807, 2.05) is 6.07 Å². The minimum atomic E-state index is -2.61. The number of benzene rings is 2. The largest absolute Gasteiger partial charge is 0.343 e. The van der Waals surface area contributed by atoms with Crippen LogP contribution in [0.15, 0.2) is 48.5 Å². The summed E-state index contributed by atoms with van der Waals surface area (Å²) in [5, 5.41) is 19.8. The van der Waals surface area contributed by atoms with Crippen LogP contribution in [-0.2, 0) is 17.1 Å². The molecule has 1 heterocycles. The number of aliphatic hydroxyl groups is 1. The van der Waals surface area contributed by atoms with Crippen molar-refractivity contribution < 1.29 is 19.1 Å². The number of halogens is 1. The van der Waals surface area contributed by atoms with Crippen LogP contribution in [0, 0.1) is 11.3 Å². The van der Waals surface area contributed by atoms with Crippen molar-refractivity contribution in [3.05, 3.63) is 70.8 Å². The molecule has 0 aromatic heterocycles. The van der Waals surface area contributed by atoms with Crippen molar-refractivity contribution in [2.45, 2.75) is 31.8 Å². The third-order valence-corrected chi connectivity index (χ3v) is 4.09. The first-order valence-corrected chi connectivity index (χ1v) is 7.78. The molecule has 1 aliphatic rings. The highest BCUT2D eigenvalue weighted by molar-refractivity contribution is 5.93. The van der Waals surface area contributed by atoms with E-state index in [4.69, 9.17) is 10.00 Å². The van der Waals surface area contributed by atoms with Crippen molar-refractivity contribution in [2.75, 3.05) is 0 Å². The molecule has 0 aliphatic carbocycles. The molecule has 0 fully saturated rings. The molecule has 6 heteroatoms. The highest BCUT2D eigenvalue weighted by Gasteiger charge is 2.51. The van der Waals surface area contributed by atoms with Gasteiger partial charge in [-0.3, -0.25) is 4.79 Å². The number of nitriles is 1. The lowest BCUT2D eigenvalue weighted by Crippen LogP contribution is -2.55. The summed E-state index contributed by atoms with van der Waals surface area (Å²) in [6.45, 7) is 3.39. The molecule has 0 bridgehead atoms. The smallest absolute Gasteiger partial charge is 0.309 e. The SMILES string of the molecule is CC1(C)Cc2ccc(C#N)cc2C(O)(N(F)C(=O)c2ccccc2)O1. The van der Waals surface area contributed by atoms with E-state index < -0.39 is 17.4 Å². The number of rotatable bonds is 2. The van der Waals surface area contributed by atoms with Gasteiger partial charge < -0.3 is 9.84 Å². The number of ether oxygens (including phenoxy) is 1. The Bertz CT molecular complexity index is 861. The fourth-order valence-corrected chi connectivity index (χ4v) is 3.02. The molecule has 0 spiro atoms. The lowest BCUT2D eigenvalue weighted by molar-refractivity contribution is -0.373. The van der Waals surface area contributed by atoms with Gasteiger partial charge in [-0.05, 0) is 43.7 Å². The van der Waals surface area contributed by atoms with E-state index in [0.717, 1.165) is 0 Å². The van der Waals surface area contributed by atoms with Crippen LogP contribution in [-0.4, -0.2) is 21.7 Å². The molecule has 1 unspecified atom stereocenters. The Balaban J connectivity index is 2.10. The summed E-state index contributed by atoms with van der Waals surface area (Å²) < 4.78 is 20.6. The van der Waals surface area contributed by atoms with E-state index in [2.05, 4.69) is 0 Å². The van der Waals surface area contributed by atoms with E-state index in [0.29, 0.717) is 12.0 Å². The Labute approximate surface area is 144 Å². The number of carbonyl (C=O) groups is 1. The second-order valence-corrected chi connectivity index (χ2v) is 6.58. The van der Waals surface area contributed by atoms with Gasteiger partial charge in [0.1, 0.15) is 0 Å². The summed E-state index contributed by atoms with van der Waals surface area (Å²) in [5.41, 5.74) is 0.0698. The van der Waals surface area contributed by atoms with E-state index in [1.165, 1.54) is 18.2 Å². The Morgan fingerprint density at radius 3 is 2.60 bits per heavy atom. The molecule has 1 amide bonds. The summed E-state index contributed by atoms with van der Waals surface area (Å²) >= 11 is 0. The van der Waals surface area contributed by atoms with Gasteiger partial charge in [-0.15, -0.1) is 5.12 Å². The second kappa shape index (κ2) is 5.96. The normalized spacial score (nSPS) is 21.1. The van der Waals surface area contributed by atoms with Crippen molar-refractivity contribution in [3.8, 4) is 6.07 Å². The maximum absolute atomic E-state index is 15.0. The zero-order chi connectivity index (χ0) is 18.2. The first-order valence-electron chi connectivity index (χ1n) is 7.78. The highest BCUT2D eigenvalue weighted by atomic mass is 19.2. The van der Waals surface area contributed by atoms with Crippen LogP contribution in [0.1, 0.15) is 40.9 Å². The van der Waals surface area contributed by atoms with Crippen molar-refractivity contribution in [3.63, 3.8) is 0 Å². The molecule has 0 saturated heterocycles. The maximum atomic E-state index is 15.0. The molecular weight excluding hydrogens is 323 g/mol. The van der Waals surface area contributed by atoms with Crippen LogP contribution in [0.5, 0.6) is 0 Å². The Morgan fingerprint density at radius 2 is 1.96 bits per heavy atom. The van der Waals surface area contributed by atoms with Crippen LogP contribution in [0.4, 0.5) is 4.48 Å². The molecule has 5 nitrogen and oxygen atoms in total. The first kappa shape index (κ1) is 17.1. The van der Waals surface area contributed by atoms with E-state index in [9.17, 15) is 9.90 Å². The molecule has 2 aromatic rings. The fourth-order valence-electron chi connectivity index (χ4n) is 3.02. The van der Waals surface area contributed by atoms with Gasteiger partial charge in [0.05, 0.1) is 17.2 Å². The van der Waals surface area contributed by atoms with Crippen LogP contribution in [0.3, 0.4) is 0 Å². The number of amides is 1. The van der Waals surface area contributed by atoms with E-state index >= 15 is 4.48 Å². The Hall–Kier alpha value is -2.75. The molecule has 128 valence electrons. The monoisotopic (exact) mass is 340 g/mol. The summed E-state index contributed by atoms with van der Waals surface area (Å²) in [4.78, 5) is 12.5. The molecule has 1 atom stereocenters. The van der Waals surface area contributed by atoms with Crippen molar-refractivity contribution in [1.29, 1.82) is 5.26 Å². The van der Waals surface area contributed by atoms with Gasteiger partial charge in [-0.2, -0.15) is 5.26 Å². The zero-order valence-electron chi connectivity index (χ0n) is 13.9. The molecule has 0 saturated carbocycles. The third-order valence-electron chi connectivity index (χ3n) is 4.09. The maximum Gasteiger partial charge on any atom is 0.309 e. The van der Waals surface area contributed by atoms with E-state index in [1.54, 1.807) is 44.2 Å². The van der Waals surface area contributed by atoms with Crippen LogP contribution >= 0.6 is 0 Å². The molecule has 25 heavy (non-hydrogen) atoms. The van der Waals surface area contributed by atoms with Gasteiger partial charge in [0, 0.05) is 17.5 Å². The standard InChI is InChI=1S/C19H17FN2O3/c1-18(2)11-15-9-8-13(12-21)10-16(15)19(24,25-18)22(20)17(23)14-6-4-3-5-7-14/h3-10,24H,11H2,1-2H3. The van der Waals surface area contributed by atoms with Crippen molar-refractivity contribution in [1.82, 2.24) is 5.12 Å². The molecular formula is C19H17FN2O3. The first-order chi connectivity index (χ1) is 11.8. The molecule has 2 aromatic carbocycles. The van der Waals surface area contributed by atoms with Gasteiger partial charge in [-0.25, -0.2) is 0 Å². The fraction of sp³-hybridized carbons (Fsp3) is 0.263. The Morgan fingerprint density at radius 1 is 1.28 bits per heavy atom. The molecule has 1 aliphatic heterocycles. The van der Waals surface area contributed by atoms with Gasteiger partial charge in [0.2, 0.25) is 0 Å².